The summed E-state index contributed by atoms with van der Waals surface area (Å²) in [6.07, 6.45) is 2.69. The molecule has 1 saturated heterocycles. The Morgan fingerprint density at radius 2 is 1.66 bits per heavy atom. The molecule has 0 saturated carbocycles. The van der Waals surface area contributed by atoms with E-state index in [1.54, 1.807) is 73.7 Å². The van der Waals surface area contributed by atoms with Gasteiger partial charge in [-0.05, 0) is 30.2 Å². The largest absolute Gasteiger partial charge is 0.463 e. The van der Waals surface area contributed by atoms with E-state index >= 15 is 0 Å². The van der Waals surface area contributed by atoms with E-state index in [1.165, 1.54) is 29.2 Å². The summed E-state index contributed by atoms with van der Waals surface area (Å²) in [7, 11) is 0. The predicted molar refractivity (Wildman–Crippen MR) is 129 cm³/mol. The fraction of sp³-hybridized carbons (Fsp3) is 0.185. The standard InChI is InChI=1S/C27H24N2O6/c1-2-35-24(30)18-17-23-25(19-13-15-22(16-14-19)29(33)34)28(21-11-7-4-8-12-21)26(31)27(23,32)20-9-5-3-6-10-20/h3-18,23,25,32H,2H2,1H3/b18-17+/t23-,25-,27+/m1/s1. The van der Waals surface area contributed by atoms with E-state index < -0.39 is 34.4 Å². The van der Waals surface area contributed by atoms with Gasteiger partial charge in [-0.15, -0.1) is 0 Å². The molecule has 8 heteroatoms. The molecule has 1 heterocycles. The summed E-state index contributed by atoms with van der Waals surface area (Å²) in [6.45, 7) is 1.86. The molecule has 0 aliphatic carbocycles. The van der Waals surface area contributed by atoms with E-state index in [-0.39, 0.29) is 12.3 Å². The van der Waals surface area contributed by atoms with Crippen molar-refractivity contribution in [3.05, 3.63) is 118 Å². The highest BCUT2D eigenvalue weighted by Crippen LogP contribution is 2.51. The number of carbonyl (C=O) groups excluding carboxylic acids is 2. The van der Waals surface area contributed by atoms with E-state index in [0.717, 1.165) is 0 Å². The topological polar surface area (TPSA) is 110 Å². The number of esters is 1. The average Bonchev–Trinajstić information content (AvgIpc) is 3.11. The lowest BCUT2D eigenvalue weighted by molar-refractivity contribution is -0.384. The zero-order chi connectivity index (χ0) is 25.0. The number of non-ortho nitro benzene ring substituents is 1. The number of amides is 1. The normalized spacial score (nSPS) is 21.9. The summed E-state index contributed by atoms with van der Waals surface area (Å²) in [5.41, 5.74) is -0.623. The van der Waals surface area contributed by atoms with Crippen molar-refractivity contribution in [1.29, 1.82) is 0 Å². The maximum atomic E-state index is 14.0. The van der Waals surface area contributed by atoms with Gasteiger partial charge in [0.25, 0.3) is 11.6 Å². The molecule has 3 atom stereocenters. The Morgan fingerprint density at radius 3 is 2.23 bits per heavy atom. The first-order valence-electron chi connectivity index (χ1n) is 11.1. The Balaban J connectivity index is 1.93. The molecule has 0 spiro atoms. The summed E-state index contributed by atoms with van der Waals surface area (Å²) in [6, 6.07) is 22.5. The van der Waals surface area contributed by atoms with Gasteiger partial charge in [0, 0.05) is 29.8 Å². The van der Waals surface area contributed by atoms with Crippen LogP contribution in [0.2, 0.25) is 0 Å². The van der Waals surface area contributed by atoms with Crippen LogP contribution < -0.4 is 4.90 Å². The molecule has 8 nitrogen and oxygen atoms in total. The number of hydrogen-bond acceptors (Lipinski definition) is 6. The lowest BCUT2D eigenvalue weighted by atomic mass is 9.78. The second-order valence-electron chi connectivity index (χ2n) is 8.07. The van der Waals surface area contributed by atoms with Gasteiger partial charge >= 0.3 is 5.97 Å². The monoisotopic (exact) mass is 472 g/mol. The van der Waals surface area contributed by atoms with E-state index in [9.17, 15) is 24.8 Å². The van der Waals surface area contributed by atoms with Crippen molar-refractivity contribution in [3.63, 3.8) is 0 Å². The van der Waals surface area contributed by atoms with Crippen molar-refractivity contribution in [2.75, 3.05) is 11.5 Å². The summed E-state index contributed by atoms with van der Waals surface area (Å²) < 4.78 is 5.02. The van der Waals surface area contributed by atoms with Crippen LogP contribution in [0.25, 0.3) is 0 Å². The number of ether oxygens (including phenoxy) is 1. The van der Waals surface area contributed by atoms with Crippen LogP contribution in [-0.4, -0.2) is 28.5 Å². The van der Waals surface area contributed by atoms with Gasteiger partial charge in [0.05, 0.1) is 17.6 Å². The van der Waals surface area contributed by atoms with Crippen LogP contribution in [0, 0.1) is 16.0 Å². The fourth-order valence-electron chi connectivity index (χ4n) is 4.48. The van der Waals surface area contributed by atoms with Gasteiger partial charge in [-0.3, -0.25) is 14.9 Å². The maximum Gasteiger partial charge on any atom is 0.330 e. The third-order valence-corrected chi connectivity index (χ3v) is 6.07. The van der Waals surface area contributed by atoms with Crippen LogP contribution in [0.3, 0.4) is 0 Å². The van der Waals surface area contributed by atoms with Crippen molar-refractivity contribution < 1.29 is 24.4 Å². The van der Waals surface area contributed by atoms with Crippen LogP contribution in [0.1, 0.15) is 24.1 Å². The van der Waals surface area contributed by atoms with E-state index in [2.05, 4.69) is 0 Å². The van der Waals surface area contributed by atoms with Gasteiger partial charge in [0.2, 0.25) is 0 Å². The molecule has 3 aromatic carbocycles. The van der Waals surface area contributed by atoms with Gasteiger partial charge in [-0.1, -0.05) is 66.7 Å². The van der Waals surface area contributed by atoms with Crippen LogP contribution in [-0.2, 0) is 19.9 Å². The molecule has 1 aliphatic heterocycles. The van der Waals surface area contributed by atoms with E-state index in [4.69, 9.17) is 4.74 Å². The number of benzene rings is 3. The first-order valence-corrected chi connectivity index (χ1v) is 11.1. The smallest absolute Gasteiger partial charge is 0.330 e. The number of nitro groups is 1. The Hall–Kier alpha value is -4.30. The van der Waals surface area contributed by atoms with Gasteiger partial charge in [-0.25, -0.2) is 4.79 Å². The molecule has 0 radical (unpaired) electrons. The summed E-state index contributed by atoms with van der Waals surface area (Å²) in [4.78, 5) is 38.3. The molecule has 0 unspecified atom stereocenters. The minimum atomic E-state index is -2.01. The zero-order valence-corrected chi connectivity index (χ0v) is 19.0. The van der Waals surface area contributed by atoms with Gasteiger partial charge in [0.1, 0.15) is 0 Å². The number of nitro benzene ring substituents is 1. The molecule has 0 bridgehead atoms. The lowest BCUT2D eigenvalue weighted by Gasteiger charge is -2.28. The number of nitrogens with zero attached hydrogens (tertiary/aromatic N) is 2. The molecule has 0 aromatic heterocycles. The first kappa shape index (κ1) is 23.8. The second kappa shape index (κ2) is 9.90. The van der Waals surface area contributed by atoms with Crippen LogP contribution in [0.5, 0.6) is 0 Å². The minimum absolute atomic E-state index is 0.0960. The highest BCUT2D eigenvalue weighted by Gasteiger charge is 2.59. The number of carbonyl (C=O) groups is 2. The third kappa shape index (κ3) is 4.43. The van der Waals surface area contributed by atoms with Crippen molar-refractivity contribution in [2.45, 2.75) is 18.6 Å². The number of hydrogen-bond donors (Lipinski definition) is 1. The summed E-state index contributed by atoms with van der Waals surface area (Å²) in [5, 5.41) is 23.2. The minimum Gasteiger partial charge on any atom is -0.463 e. The quantitative estimate of drug-likeness (QED) is 0.238. The van der Waals surface area contributed by atoms with E-state index in [1.807, 2.05) is 6.07 Å². The molecular weight excluding hydrogens is 448 g/mol. The predicted octanol–water partition coefficient (Wildman–Crippen LogP) is 4.31. The van der Waals surface area contributed by atoms with Crippen LogP contribution in [0.15, 0.2) is 97.1 Å². The molecule has 1 aliphatic rings. The number of anilines is 1. The highest BCUT2D eigenvalue weighted by atomic mass is 16.6. The maximum absolute atomic E-state index is 14.0. The Kier molecular flexibility index (Phi) is 6.75. The van der Waals surface area contributed by atoms with Gasteiger partial charge in [0.15, 0.2) is 5.60 Å². The summed E-state index contributed by atoms with van der Waals surface area (Å²) >= 11 is 0. The second-order valence-corrected chi connectivity index (χ2v) is 8.07. The Labute approximate surface area is 202 Å². The zero-order valence-electron chi connectivity index (χ0n) is 19.0. The highest BCUT2D eigenvalue weighted by molar-refractivity contribution is 6.04. The molecule has 4 rings (SSSR count). The summed E-state index contributed by atoms with van der Waals surface area (Å²) in [5.74, 6) is -2.09. The lowest BCUT2D eigenvalue weighted by Crippen LogP contribution is -2.40. The molecule has 3 aromatic rings. The van der Waals surface area contributed by atoms with Crippen molar-refractivity contribution in [2.24, 2.45) is 5.92 Å². The molecule has 1 fully saturated rings. The molecule has 1 N–H and O–H groups in total. The third-order valence-electron chi connectivity index (χ3n) is 6.07. The van der Waals surface area contributed by atoms with Crippen LogP contribution in [0.4, 0.5) is 11.4 Å². The number of aliphatic hydroxyl groups is 1. The molecule has 178 valence electrons. The Bertz CT molecular complexity index is 1240. The SMILES string of the molecule is CCOC(=O)/C=C/[C@@H]1[C@@H](c2ccc([N+](=O)[O-])cc2)N(c2ccccc2)C(=O)[C@]1(O)c1ccccc1. The number of rotatable bonds is 7. The Morgan fingerprint density at radius 1 is 1.06 bits per heavy atom. The number of para-hydroxylation sites is 1. The van der Waals surface area contributed by atoms with E-state index in [0.29, 0.717) is 16.8 Å². The van der Waals surface area contributed by atoms with Gasteiger partial charge < -0.3 is 14.7 Å². The van der Waals surface area contributed by atoms with Crippen molar-refractivity contribution in [1.82, 2.24) is 0 Å². The van der Waals surface area contributed by atoms with Crippen molar-refractivity contribution in [3.8, 4) is 0 Å². The first-order chi connectivity index (χ1) is 16.9. The van der Waals surface area contributed by atoms with Gasteiger partial charge in [-0.2, -0.15) is 0 Å². The molecule has 1 amide bonds. The fourth-order valence-corrected chi connectivity index (χ4v) is 4.48. The molecule has 35 heavy (non-hydrogen) atoms. The molecular formula is C27H24N2O6. The average molecular weight is 472 g/mol. The van der Waals surface area contributed by atoms with Crippen LogP contribution >= 0.6 is 0 Å². The van der Waals surface area contributed by atoms with Crippen molar-refractivity contribution >= 4 is 23.3 Å².